The third kappa shape index (κ3) is 5.38. The molecule has 0 atom stereocenters. The molecule has 0 aromatic carbocycles. The fraction of sp³-hybridized carbons (Fsp3) is 1.00. The Morgan fingerprint density at radius 1 is 1.26 bits per heavy atom. The molecule has 4 nitrogen and oxygen atoms in total. The van der Waals surface area contributed by atoms with E-state index in [4.69, 9.17) is 9.84 Å². The SMILES string of the molecule is CCC(CC)(CNC)CN1CCC(OCCO)CC1. The summed E-state index contributed by atoms with van der Waals surface area (Å²) in [4.78, 5) is 2.59. The van der Waals surface area contributed by atoms with Crippen molar-refractivity contribution in [2.75, 3.05) is 46.4 Å². The van der Waals surface area contributed by atoms with Crippen LogP contribution in [0.15, 0.2) is 0 Å². The van der Waals surface area contributed by atoms with E-state index in [2.05, 4.69) is 31.1 Å². The van der Waals surface area contributed by atoms with Crippen LogP contribution in [0.1, 0.15) is 39.5 Å². The van der Waals surface area contributed by atoms with E-state index < -0.39 is 0 Å². The first-order chi connectivity index (χ1) is 9.19. The summed E-state index contributed by atoms with van der Waals surface area (Å²) in [5, 5.41) is 12.1. The molecule has 0 bridgehead atoms. The van der Waals surface area contributed by atoms with Gasteiger partial charge in [0.2, 0.25) is 0 Å². The number of piperidine rings is 1. The first kappa shape index (κ1) is 16.9. The molecule has 0 spiro atoms. The smallest absolute Gasteiger partial charge is 0.0701 e. The van der Waals surface area contributed by atoms with Gasteiger partial charge in [0.15, 0.2) is 0 Å². The lowest BCUT2D eigenvalue weighted by Gasteiger charge is -2.40. The van der Waals surface area contributed by atoms with Crippen LogP contribution < -0.4 is 5.32 Å². The molecular weight excluding hydrogens is 240 g/mol. The lowest BCUT2D eigenvalue weighted by molar-refractivity contribution is -0.0154. The van der Waals surface area contributed by atoms with E-state index in [-0.39, 0.29) is 6.61 Å². The van der Waals surface area contributed by atoms with Crippen LogP contribution in [0.5, 0.6) is 0 Å². The summed E-state index contributed by atoms with van der Waals surface area (Å²) in [6.07, 6.45) is 5.01. The predicted octanol–water partition coefficient (Wildman–Crippen LogP) is 1.49. The van der Waals surface area contributed by atoms with Crippen molar-refractivity contribution in [1.82, 2.24) is 10.2 Å². The maximum Gasteiger partial charge on any atom is 0.0701 e. The molecule has 114 valence electrons. The number of hydrogen-bond acceptors (Lipinski definition) is 4. The van der Waals surface area contributed by atoms with Gasteiger partial charge < -0.3 is 20.1 Å². The van der Waals surface area contributed by atoms with Crippen molar-refractivity contribution in [2.24, 2.45) is 5.41 Å². The third-order valence-electron chi connectivity index (χ3n) is 4.59. The number of hydrogen-bond donors (Lipinski definition) is 2. The molecule has 2 N–H and O–H groups in total. The van der Waals surface area contributed by atoms with Crippen molar-refractivity contribution < 1.29 is 9.84 Å². The van der Waals surface area contributed by atoms with E-state index >= 15 is 0 Å². The Hall–Kier alpha value is -0.160. The molecule has 1 heterocycles. The van der Waals surface area contributed by atoms with Crippen LogP contribution in [-0.2, 0) is 4.74 Å². The monoisotopic (exact) mass is 272 g/mol. The quantitative estimate of drug-likeness (QED) is 0.667. The molecule has 1 fully saturated rings. The molecule has 0 radical (unpaired) electrons. The van der Waals surface area contributed by atoms with E-state index in [1.807, 2.05) is 0 Å². The minimum atomic E-state index is 0.136. The molecule has 0 amide bonds. The van der Waals surface area contributed by atoms with E-state index in [0.29, 0.717) is 18.1 Å². The van der Waals surface area contributed by atoms with Crippen molar-refractivity contribution >= 4 is 0 Å². The van der Waals surface area contributed by atoms with Crippen molar-refractivity contribution in [3.05, 3.63) is 0 Å². The Balaban J connectivity index is 2.37. The highest BCUT2D eigenvalue weighted by Crippen LogP contribution is 2.28. The second-order valence-electron chi connectivity index (χ2n) is 5.81. The molecule has 0 unspecified atom stereocenters. The number of likely N-dealkylation sites (tertiary alicyclic amines) is 1. The number of nitrogens with one attached hydrogen (secondary N) is 1. The molecule has 0 aromatic rings. The molecule has 4 heteroatoms. The van der Waals surface area contributed by atoms with E-state index in [9.17, 15) is 0 Å². The molecule has 0 aromatic heterocycles. The number of nitrogens with zero attached hydrogens (tertiary/aromatic N) is 1. The standard InChI is InChI=1S/C15H32N2O2/c1-4-15(5-2,12-16-3)13-17-8-6-14(7-9-17)19-11-10-18/h14,16,18H,4-13H2,1-3H3. The van der Waals surface area contributed by atoms with Crippen LogP contribution in [0.3, 0.4) is 0 Å². The van der Waals surface area contributed by atoms with E-state index in [0.717, 1.165) is 32.5 Å². The number of aliphatic hydroxyl groups excluding tert-OH is 1. The summed E-state index contributed by atoms with van der Waals surface area (Å²) in [6, 6.07) is 0. The van der Waals surface area contributed by atoms with Gasteiger partial charge in [0.25, 0.3) is 0 Å². The van der Waals surface area contributed by atoms with Crippen molar-refractivity contribution in [1.29, 1.82) is 0 Å². The predicted molar refractivity (Wildman–Crippen MR) is 79.4 cm³/mol. The lowest BCUT2D eigenvalue weighted by Crippen LogP contribution is -2.46. The molecular formula is C15H32N2O2. The highest BCUT2D eigenvalue weighted by atomic mass is 16.5. The molecule has 1 aliphatic heterocycles. The largest absolute Gasteiger partial charge is 0.394 e. The molecule has 1 aliphatic rings. The highest BCUT2D eigenvalue weighted by Gasteiger charge is 2.30. The Labute approximate surface area is 118 Å². The van der Waals surface area contributed by atoms with Crippen LogP contribution in [0.2, 0.25) is 0 Å². The average molecular weight is 272 g/mol. The zero-order valence-corrected chi connectivity index (χ0v) is 13.0. The molecule has 0 aliphatic carbocycles. The number of aliphatic hydroxyl groups is 1. The van der Waals surface area contributed by atoms with Gasteiger partial charge in [0.05, 0.1) is 19.3 Å². The minimum absolute atomic E-state index is 0.136. The Morgan fingerprint density at radius 2 is 1.89 bits per heavy atom. The van der Waals surface area contributed by atoms with Gasteiger partial charge >= 0.3 is 0 Å². The van der Waals surface area contributed by atoms with Gasteiger partial charge in [-0.2, -0.15) is 0 Å². The van der Waals surface area contributed by atoms with Crippen LogP contribution in [0.25, 0.3) is 0 Å². The topological polar surface area (TPSA) is 44.7 Å². The Morgan fingerprint density at radius 3 is 2.37 bits per heavy atom. The number of ether oxygens (including phenoxy) is 1. The van der Waals surface area contributed by atoms with Gasteiger partial charge in [-0.25, -0.2) is 0 Å². The summed E-state index contributed by atoms with van der Waals surface area (Å²) in [6.45, 7) is 9.77. The second-order valence-corrected chi connectivity index (χ2v) is 5.81. The second kappa shape index (κ2) is 8.90. The first-order valence-corrected chi connectivity index (χ1v) is 7.79. The van der Waals surface area contributed by atoms with Crippen LogP contribution >= 0.6 is 0 Å². The van der Waals surface area contributed by atoms with Crippen LogP contribution in [-0.4, -0.2) is 62.6 Å². The van der Waals surface area contributed by atoms with Gasteiger partial charge in [-0.3, -0.25) is 0 Å². The zero-order chi connectivity index (χ0) is 14.1. The summed E-state index contributed by atoms with van der Waals surface area (Å²) in [7, 11) is 2.05. The van der Waals surface area contributed by atoms with Crippen LogP contribution in [0, 0.1) is 5.41 Å². The third-order valence-corrected chi connectivity index (χ3v) is 4.59. The highest BCUT2D eigenvalue weighted by molar-refractivity contribution is 4.84. The average Bonchev–Trinajstić information content (AvgIpc) is 2.46. The summed E-state index contributed by atoms with van der Waals surface area (Å²) < 4.78 is 5.62. The van der Waals surface area contributed by atoms with Crippen molar-refractivity contribution in [3.8, 4) is 0 Å². The molecule has 1 rings (SSSR count). The normalized spacial score (nSPS) is 18.9. The first-order valence-electron chi connectivity index (χ1n) is 7.79. The van der Waals surface area contributed by atoms with Gasteiger partial charge in [0, 0.05) is 26.2 Å². The summed E-state index contributed by atoms with van der Waals surface area (Å²) in [5.41, 5.74) is 0.410. The van der Waals surface area contributed by atoms with Gasteiger partial charge in [-0.1, -0.05) is 13.8 Å². The molecule has 19 heavy (non-hydrogen) atoms. The lowest BCUT2D eigenvalue weighted by atomic mass is 9.81. The van der Waals surface area contributed by atoms with Gasteiger partial charge in [-0.05, 0) is 38.1 Å². The summed E-state index contributed by atoms with van der Waals surface area (Å²) in [5.74, 6) is 0. The van der Waals surface area contributed by atoms with E-state index in [1.165, 1.54) is 19.4 Å². The maximum absolute atomic E-state index is 8.78. The summed E-state index contributed by atoms with van der Waals surface area (Å²) >= 11 is 0. The maximum atomic E-state index is 8.78. The Bertz CT molecular complexity index is 224. The zero-order valence-electron chi connectivity index (χ0n) is 13.0. The molecule has 1 saturated heterocycles. The van der Waals surface area contributed by atoms with E-state index in [1.54, 1.807) is 0 Å². The minimum Gasteiger partial charge on any atom is -0.394 e. The molecule has 0 saturated carbocycles. The van der Waals surface area contributed by atoms with Gasteiger partial charge in [0.1, 0.15) is 0 Å². The van der Waals surface area contributed by atoms with Gasteiger partial charge in [-0.15, -0.1) is 0 Å². The fourth-order valence-electron chi connectivity index (χ4n) is 3.08. The fourth-order valence-corrected chi connectivity index (χ4v) is 3.08. The number of rotatable bonds is 9. The van der Waals surface area contributed by atoms with Crippen molar-refractivity contribution in [3.63, 3.8) is 0 Å². The Kier molecular flexibility index (Phi) is 7.91. The van der Waals surface area contributed by atoms with Crippen molar-refractivity contribution in [2.45, 2.75) is 45.6 Å². The van der Waals surface area contributed by atoms with Crippen LogP contribution in [0.4, 0.5) is 0 Å².